The molecule has 3 heterocycles. The summed E-state index contributed by atoms with van der Waals surface area (Å²) in [5.41, 5.74) is 4.10. The number of benzene rings is 3. The van der Waals surface area contributed by atoms with Crippen molar-refractivity contribution in [3.63, 3.8) is 0 Å². The van der Waals surface area contributed by atoms with E-state index in [4.69, 9.17) is 9.47 Å². The summed E-state index contributed by atoms with van der Waals surface area (Å²) in [5.74, 6) is 1.76. The van der Waals surface area contributed by atoms with Gasteiger partial charge in [0.1, 0.15) is 17.2 Å². The van der Waals surface area contributed by atoms with Crippen LogP contribution in [0.25, 0.3) is 10.9 Å². The van der Waals surface area contributed by atoms with E-state index in [-0.39, 0.29) is 16.9 Å². The van der Waals surface area contributed by atoms with Crippen LogP contribution in [-0.4, -0.2) is 73.0 Å². The first-order valence-electron chi connectivity index (χ1n) is 16.0. The number of rotatable bonds is 10. The molecule has 1 aliphatic rings. The molecule has 6 rings (SSSR count). The zero-order valence-corrected chi connectivity index (χ0v) is 28.8. The molecule has 0 atom stereocenters. The van der Waals surface area contributed by atoms with Gasteiger partial charge in [-0.2, -0.15) is 0 Å². The van der Waals surface area contributed by atoms with Crippen LogP contribution in [0.2, 0.25) is 0 Å². The Bertz CT molecular complexity index is 2000. The number of ether oxygens (including phenoxy) is 2. The second-order valence-electron chi connectivity index (χ2n) is 12.4. The molecule has 0 spiro atoms. The smallest absolute Gasteiger partial charge is 0.270 e. The van der Waals surface area contributed by atoms with Gasteiger partial charge in [0, 0.05) is 64.3 Å². The number of piperazine rings is 1. The molecule has 2 aromatic heterocycles. The highest BCUT2D eigenvalue weighted by Gasteiger charge is 2.25. The maximum Gasteiger partial charge on any atom is 0.270 e. The van der Waals surface area contributed by atoms with Gasteiger partial charge in [-0.15, -0.1) is 0 Å². The second kappa shape index (κ2) is 13.7. The van der Waals surface area contributed by atoms with Crippen LogP contribution in [0, 0.1) is 6.92 Å². The lowest BCUT2D eigenvalue weighted by Crippen LogP contribution is -2.48. The minimum absolute atomic E-state index is 0.00738. The van der Waals surface area contributed by atoms with Crippen molar-refractivity contribution in [1.82, 2.24) is 19.4 Å². The average molecular weight is 668 g/mol. The molecule has 5 aromatic rings. The normalized spacial score (nSPS) is 14.0. The third-order valence-electron chi connectivity index (χ3n) is 8.58. The molecule has 0 radical (unpaired) electrons. The lowest BCUT2D eigenvalue weighted by molar-refractivity contribution is 0.0619. The van der Waals surface area contributed by atoms with Crippen LogP contribution in [0.4, 0.5) is 5.69 Å². The van der Waals surface area contributed by atoms with Crippen LogP contribution in [0.15, 0.2) is 96.0 Å². The van der Waals surface area contributed by atoms with Gasteiger partial charge in [-0.05, 0) is 74.9 Å². The molecule has 250 valence electrons. The summed E-state index contributed by atoms with van der Waals surface area (Å²) in [7, 11) is -0.343. The molecule has 0 aliphatic carbocycles. The summed E-state index contributed by atoms with van der Waals surface area (Å²) >= 11 is 0. The van der Waals surface area contributed by atoms with Crippen LogP contribution >= 0.6 is 0 Å². The van der Waals surface area contributed by atoms with Crippen LogP contribution in [0.3, 0.4) is 0 Å². The standard InChI is InChI=1S/C37H41N5O5S/c1-26(2)46-31-12-8-28(9-13-31)25-41-18-20-42(21-19-41)37(43)35-22-29-10-14-32(23-34(29)39(35)4)47-36-17-11-30(24-38-36)40(5)48(44,45)33-15-6-27(3)7-16-33/h6-17,22-24,26H,18-21,25H2,1-5H3. The molecular formula is C37H41N5O5S. The maximum atomic E-state index is 13.6. The highest BCUT2D eigenvalue weighted by Crippen LogP contribution is 2.29. The number of fused-ring (bicyclic) bond motifs is 1. The number of hydrogen-bond donors (Lipinski definition) is 0. The Morgan fingerprint density at radius 3 is 2.23 bits per heavy atom. The van der Waals surface area contributed by atoms with Crippen molar-refractivity contribution >= 4 is 32.5 Å². The topological polar surface area (TPSA) is 97.2 Å². The van der Waals surface area contributed by atoms with E-state index in [1.165, 1.54) is 23.1 Å². The number of carbonyl (C=O) groups excluding carboxylic acids is 1. The number of carbonyl (C=O) groups is 1. The monoisotopic (exact) mass is 667 g/mol. The number of aryl methyl sites for hydroxylation is 2. The van der Waals surface area contributed by atoms with Gasteiger partial charge in [-0.3, -0.25) is 14.0 Å². The fourth-order valence-electron chi connectivity index (χ4n) is 5.80. The lowest BCUT2D eigenvalue weighted by atomic mass is 10.2. The molecule has 0 N–H and O–H groups in total. The third kappa shape index (κ3) is 7.17. The Kier molecular flexibility index (Phi) is 9.43. The summed E-state index contributed by atoms with van der Waals surface area (Å²) in [5, 5.41) is 0.933. The zero-order valence-electron chi connectivity index (χ0n) is 28.0. The number of aromatic nitrogens is 2. The largest absolute Gasteiger partial charge is 0.491 e. The van der Waals surface area contributed by atoms with Crippen LogP contribution in [-0.2, 0) is 23.6 Å². The minimum atomic E-state index is -3.73. The number of hydrogen-bond acceptors (Lipinski definition) is 7. The van der Waals surface area contributed by atoms with Gasteiger partial charge >= 0.3 is 0 Å². The van der Waals surface area contributed by atoms with Gasteiger partial charge in [-0.25, -0.2) is 13.4 Å². The zero-order chi connectivity index (χ0) is 34.0. The molecule has 0 bridgehead atoms. The maximum absolute atomic E-state index is 13.6. The first-order valence-corrected chi connectivity index (χ1v) is 17.5. The van der Waals surface area contributed by atoms with Crippen molar-refractivity contribution in [1.29, 1.82) is 0 Å². The summed E-state index contributed by atoms with van der Waals surface area (Å²) in [4.78, 5) is 22.5. The molecule has 11 heteroatoms. The van der Waals surface area contributed by atoms with Crippen molar-refractivity contribution in [2.75, 3.05) is 37.5 Å². The Morgan fingerprint density at radius 2 is 1.58 bits per heavy atom. The quantitative estimate of drug-likeness (QED) is 0.174. The first-order chi connectivity index (χ1) is 23.0. The molecule has 0 unspecified atom stereocenters. The van der Waals surface area contributed by atoms with Gasteiger partial charge in [0.2, 0.25) is 5.88 Å². The van der Waals surface area contributed by atoms with Crippen LogP contribution in [0.5, 0.6) is 17.4 Å². The first kappa shape index (κ1) is 33.0. The van der Waals surface area contributed by atoms with Crippen molar-refractivity contribution < 1.29 is 22.7 Å². The molecule has 0 saturated carbocycles. The molecule has 3 aromatic carbocycles. The second-order valence-corrected chi connectivity index (χ2v) is 14.4. The van der Waals surface area contributed by atoms with E-state index in [1.54, 1.807) is 36.4 Å². The highest BCUT2D eigenvalue weighted by molar-refractivity contribution is 7.92. The van der Waals surface area contributed by atoms with Crippen molar-refractivity contribution in [2.24, 2.45) is 7.05 Å². The van der Waals surface area contributed by atoms with E-state index in [9.17, 15) is 13.2 Å². The molecule has 1 aliphatic heterocycles. The fourth-order valence-corrected chi connectivity index (χ4v) is 6.98. The number of pyridine rings is 1. The van der Waals surface area contributed by atoms with Gasteiger partial charge in [-0.1, -0.05) is 29.8 Å². The number of amides is 1. The molecule has 48 heavy (non-hydrogen) atoms. The summed E-state index contributed by atoms with van der Waals surface area (Å²) in [6, 6.07) is 25.8. The molecule has 1 saturated heterocycles. The minimum Gasteiger partial charge on any atom is -0.491 e. The van der Waals surface area contributed by atoms with E-state index >= 15 is 0 Å². The summed E-state index contributed by atoms with van der Waals surface area (Å²) in [6.07, 6.45) is 1.62. The fraction of sp³-hybridized carbons (Fsp3) is 0.297. The predicted octanol–water partition coefficient (Wildman–Crippen LogP) is 6.24. The van der Waals surface area contributed by atoms with Crippen molar-refractivity contribution in [2.45, 2.75) is 38.3 Å². The SMILES string of the molecule is Cc1ccc(S(=O)(=O)N(C)c2ccc(Oc3ccc4cc(C(=O)N5CCN(Cc6ccc(OC(C)C)cc6)CC5)n(C)c4c3)nc2)cc1. The number of anilines is 1. The number of nitrogens with zero attached hydrogens (tertiary/aromatic N) is 5. The lowest BCUT2D eigenvalue weighted by Gasteiger charge is -2.34. The Balaban J connectivity index is 1.07. The highest BCUT2D eigenvalue weighted by atomic mass is 32.2. The van der Waals surface area contributed by atoms with Crippen molar-refractivity contribution in [3.05, 3.63) is 108 Å². The Labute approximate surface area is 282 Å². The van der Waals surface area contributed by atoms with E-state index < -0.39 is 10.0 Å². The van der Waals surface area contributed by atoms with Crippen molar-refractivity contribution in [3.8, 4) is 17.4 Å². The Hall–Kier alpha value is -4.87. The molecule has 10 nitrogen and oxygen atoms in total. The van der Waals surface area contributed by atoms with Gasteiger partial charge in [0.05, 0.1) is 28.4 Å². The van der Waals surface area contributed by atoms with Crippen LogP contribution in [0.1, 0.15) is 35.5 Å². The van der Waals surface area contributed by atoms with Gasteiger partial charge in [0.25, 0.3) is 15.9 Å². The summed E-state index contributed by atoms with van der Waals surface area (Å²) in [6.45, 7) is 9.70. The van der Waals surface area contributed by atoms with E-state index in [0.29, 0.717) is 36.1 Å². The van der Waals surface area contributed by atoms with Crippen LogP contribution < -0.4 is 13.8 Å². The third-order valence-corrected chi connectivity index (χ3v) is 10.4. The van der Waals surface area contributed by atoms with E-state index in [1.807, 2.05) is 73.7 Å². The summed E-state index contributed by atoms with van der Waals surface area (Å²) < 4.78 is 41.0. The number of sulfonamides is 1. The molecule has 1 amide bonds. The Morgan fingerprint density at radius 1 is 0.896 bits per heavy atom. The average Bonchev–Trinajstić information content (AvgIpc) is 3.41. The molecule has 1 fully saturated rings. The van der Waals surface area contributed by atoms with Gasteiger partial charge < -0.3 is 18.9 Å². The van der Waals surface area contributed by atoms with E-state index in [0.717, 1.165) is 41.9 Å². The van der Waals surface area contributed by atoms with E-state index in [2.05, 4.69) is 22.0 Å². The molecular weight excluding hydrogens is 627 g/mol. The predicted molar refractivity (Wildman–Crippen MR) is 187 cm³/mol. The van der Waals surface area contributed by atoms with Gasteiger partial charge in [0.15, 0.2) is 0 Å².